The molecular formula is C12H11ClN2O2S. The second kappa shape index (κ2) is 4.59. The predicted octanol–water partition coefficient (Wildman–Crippen LogP) is 2.08. The first-order valence-electron chi connectivity index (χ1n) is 5.18. The summed E-state index contributed by atoms with van der Waals surface area (Å²) in [6, 6.07) is 4.75. The van der Waals surface area contributed by atoms with Crippen LogP contribution in [0.4, 0.5) is 0 Å². The van der Waals surface area contributed by atoms with Gasteiger partial charge in [0.05, 0.1) is 5.02 Å². The van der Waals surface area contributed by atoms with Gasteiger partial charge in [0.1, 0.15) is 11.4 Å². The highest BCUT2D eigenvalue weighted by Gasteiger charge is 2.32. The second-order valence-corrected chi connectivity index (χ2v) is 4.72. The number of phenols is 1. The Morgan fingerprint density at radius 1 is 1.33 bits per heavy atom. The molecule has 0 spiro atoms. The Kier molecular flexibility index (Phi) is 3.28. The van der Waals surface area contributed by atoms with E-state index in [1.54, 1.807) is 37.2 Å². The number of hydrogen-bond acceptors (Lipinski definition) is 3. The molecule has 1 amide bonds. The van der Waals surface area contributed by atoms with Crippen molar-refractivity contribution in [1.82, 2.24) is 9.80 Å². The van der Waals surface area contributed by atoms with Gasteiger partial charge in [0.25, 0.3) is 5.91 Å². The fourth-order valence-electron chi connectivity index (χ4n) is 1.66. The summed E-state index contributed by atoms with van der Waals surface area (Å²) in [4.78, 5) is 15.0. The summed E-state index contributed by atoms with van der Waals surface area (Å²) in [7, 11) is 3.36. The largest absolute Gasteiger partial charge is 0.506 e. The Labute approximate surface area is 115 Å². The van der Waals surface area contributed by atoms with Crippen LogP contribution in [0.2, 0.25) is 5.02 Å². The van der Waals surface area contributed by atoms with Gasteiger partial charge >= 0.3 is 0 Å². The number of aromatic hydroxyl groups is 1. The lowest BCUT2D eigenvalue weighted by atomic mass is 10.2. The minimum Gasteiger partial charge on any atom is -0.506 e. The highest BCUT2D eigenvalue weighted by atomic mass is 35.5. The molecule has 0 bridgehead atoms. The maximum Gasteiger partial charge on any atom is 0.276 e. The Morgan fingerprint density at radius 2 is 2.00 bits per heavy atom. The summed E-state index contributed by atoms with van der Waals surface area (Å²) in [6.07, 6.45) is 1.68. The van der Waals surface area contributed by atoms with E-state index in [2.05, 4.69) is 0 Å². The molecule has 0 saturated carbocycles. The van der Waals surface area contributed by atoms with Crippen LogP contribution in [0.3, 0.4) is 0 Å². The molecule has 1 N–H and O–H groups in total. The molecule has 2 rings (SSSR count). The maximum atomic E-state index is 11.9. The van der Waals surface area contributed by atoms with E-state index in [9.17, 15) is 9.90 Å². The first-order chi connectivity index (χ1) is 8.41. The van der Waals surface area contributed by atoms with E-state index in [1.165, 1.54) is 11.0 Å². The zero-order chi connectivity index (χ0) is 13.4. The minimum atomic E-state index is -0.160. The number of thiocarbonyl (C=S) groups is 1. The number of nitrogens with zero attached hydrogens (tertiary/aromatic N) is 2. The molecule has 1 aliphatic rings. The van der Waals surface area contributed by atoms with Gasteiger partial charge in [-0.15, -0.1) is 0 Å². The van der Waals surface area contributed by atoms with Crippen molar-refractivity contribution >= 4 is 40.9 Å². The third kappa shape index (κ3) is 2.07. The first kappa shape index (κ1) is 12.9. The molecule has 1 aliphatic heterocycles. The molecule has 0 unspecified atom stereocenters. The molecule has 1 fully saturated rings. The standard InChI is InChI=1S/C12H11ClN2O2S/c1-14-9(11(17)15(2)12(14)18)6-7-3-4-10(16)8(13)5-7/h3-6,16H,1-2H3/b9-6-. The summed E-state index contributed by atoms with van der Waals surface area (Å²) in [5.41, 5.74) is 1.20. The average Bonchev–Trinajstić information content (AvgIpc) is 2.52. The summed E-state index contributed by atoms with van der Waals surface area (Å²) in [5.74, 6) is -0.149. The topological polar surface area (TPSA) is 43.8 Å². The van der Waals surface area contributed by atoms with Gasteiger partial charge in [-0.05, 0) is 36.0 Å². The molecule has 0 atom stereocenters. The van der Waals surface area contributed by atoms with Crippen molar-refractivity contribution in [2.75, 3.05) is 14.1 Å². The van der Waals surface area contributed by atoms with Crippen LogP contribution in [-0.2, 0) is 4.79 Å². The van der Waals surface area contributed by atoms with Gasteiger partial charge in [0.15, 0.2) is 5.11 Å². The summed E-state index contributed by atoms with van der Waals surface area (Å²) < 4.78 is 0. The molecule has 6 heteroatoms. The zero-order valence-electron chi connectivity index (χ0n) is 9.85. The number of rotatable bonds is 1. The van der Waals surface area contributed by atoms with Crippen molar-refractivity contribution in [2.45, 2.75) is 0 Å². The van der Waals surface area contributed by atoms with Gasteiger partial charge in [-0.3, -0.25) is 9.69 Å². The van der Waals surface area contributed by atoms with Crippen molar-refractivity contribution in [1.29, 1.82) is 0 Å². The number of amides is 1. The van der Waals surface area contributed by atoms with Gasteiger partial charge in [-0.2, -0.15) is 0 Å². The van der Waals surface area contributed by atoms with E-state index in [0.717, 1.165) is 5.56 Å². The first-order valence-corrected chi connectivity index (χ1v) is 5.96. The van der Waals surface area contributed by atoms with E-state index < -0.39 is 0 Å². The van der Waals surface area contributed by atoms with Crippen LogP contribution in [0.15, 0.2) is 23.9 Å². The monoisotopic (exact) mass is 282 g/mol. The third-order valence-corrected chi connectivity index (χ3v) is 3.58. The minimum absolute atomic E-state index is 0.0116. The maximum absolute atomic E-state index is 11.9. The highest BCUT2D eigenvalue weighted by Crippen LogP contribution is 2.26. The number of halogens is 1. The van der Waals surface area contributed by atoms with Crippen molar-refractivity contribution in [3.63, 3.8) is 0 Å². The molecule has 18 heavy (non-hydrogen) atoms. The van der Waals surface area contributed by atoms with E-state index in [4.69, 9.17) is 23.8 Å². The van der Waals surface area contributed by atoms with E-state index in [1.807, 2.05) is 0 Å². The molecular weight excluding hydrogens is 272 g/mol. The van der Waals surface area contributed by atoms with Crippen molar-refractivity contribution in [3.05, 3.63) is 34.5 Å². The summed E-state index contributed by atoms with van der Waals surface area (Å²) in [5, 5.41) is 10.0. The molecule has 0 radical (unpaired) electrons. The molecule has 0 aliphatic carbocycles. The number of likely N-dealkylation sites (N-methyl/N-ethyl adjacent to an activating group) is 2. The quantitative estimate of drug-likeness (QED) is 0.633. The number of benzene rings is 1. The second-order valence-electron chi connectivity index (χ2n) is 3.95. The van der Waals surface area contributed by atoms with Gasteiger partial charge < -0.3 is 10.0 Å². The molecule has 94 valence electrons. The zero-order valence-corrected chi connectivity index (χ0v) is 11.4. The lowest BCUT2D eigenvalue weighted by Gasteiger charge is -2.11. The van der Waals surface area contributed by atoms with Crippen molar-refractivity contribution in [3.8, 4) is 5.75 Å². The summed E-state index contributed by atoms with van der Waals surface area (Å²) in [6.45, 7) is 0. The van der Waals surface area contributed by atoms with Crippen LogP contribution in [-0.4, -0.2) is 40.0 Å². The molecule has 0 aromatic heterocycles. The summed E-state index contributed by atoms with van der Waals surface area (Å²) >= 11 is 10.9. The van der Waals surface area contributed by atoms with E-state index >= 15 is 0 Å². The van der Waals surface area contributed by atoms with E-state index in [-0.39, 0.29) is 16.7 Å². The molecule has 1 aromatic rings. The lowest BCUT2D eigenvalue weighted by molar-refractivity contribution is -0.121. The SMILES string of the molecule is CN1C(=O)/C(=C/c2ccc(O)c(Cl)c2)N(C)C1=S. The van der Waals surface area contributed by atoms with Crippen LogP contribution < -0.4 is 0 Å². The Bertz CT molecular complexity index is 571. The van der Waals surface area contributed by atoms with E-state index in [0.29, 0.717) is 10.8 Å². The number of carbonyl (C=O) groups excluding carboxylic acids is 1. The number of phenolic OH excluding ortho intramolecular Hbond substituents is 1. The highest BCUT2D eigenvalue weighted by molar-refractivity contribution is 7.80. The Morgan fingerprint density at radius 3 is 2.50 bits per heavy atom. The average molecular weight is 283 g/mol. The van der Waals surface area contributed by atoms with Crippen LogP contribution in [0, 0.1) is 0 Å². The molecule has 1 saturated heterocycles. The van der Waals surface area contributed by atoms with Crippen LogP contribution >= 0.6 is 23.8 Å². The normalized spacial score (nSPS) is 18.1. The van der Waals surface area contributed by atoms with Gasteiger partial charge in [-0.25, -0.2) is 0 Å². The van der Waals surface area contributed by atoms with Crippen LogP contribution in [0.1, 0.15) is 5.56 Å². The van der Waals surface area contributed by atoms with Gasteiger partial charge in [0, 0.05) is 14.1 Å². The van der Waals surface area contributed by atoms with Crippen LogP contribution in [0.5, 0.6) is 5.75 Å². The predicted molar refractivity (Wildman–Crippen MR) is 74.2 cm³/mol. The fraction of sp³-hybridized carbons (Fsp3) is 0.167. The molecule has 1 heterocycles. The van der Waals surface area contributed by atoms with Gasteiger partial charge in [-0.1, -0.05) is 17.7 Å². The Balaban J connectivity index is 2.42. The molecule has 4 nitrogen and oxygen atoms in total. The fourth-order valence-corrected chi connectivity index (χ4v) is 2.03. The Hall–Kier alpha value is -1.59. The third-order valence-electron chi connectivity index (χ3n) is 2.73. The smallest absolute Gasteiger partial charge is 0.276 e. The van der Waals surface area contributed by atoms with Gasteiger partial charge in [0.2, 0.25) is 0 Å². The van der Waals surface area contributed by atoms with Crippen LogP contribution in [0.25, 0.3) is 6.08 Å². The lowest BCUT2D eigenvalue weighted by Crippen LogP contribution is -2.26. The number of carbonyl (C=O) groups is 1. The van der Waals surface area contributed by atoms with Crippen molar-refractivity contribution in [2.24, 2.45) is 0 Å². The van der Waals surface area contributed by atoms with Crippen molar-refractivity contribution < 1.29 is 9.90 Å². The number of hydrogen-bond donors (Lipinski definition) is 1. The molecule has 1 aromatic carbocycles.